The highest BCUT2D eigenvalue weighted by Crippen LogP contribution is 2.20. The van der Waals surface area contributed by atoms with E-state index in [9.17, 15) is 5.11 Å². The Balaban J connectivity index is 2.94. The van der Waals surface area contributed by atoms with Crippen molar-refractivity contribution in [3.05, 3.63) is 35.4 Å². The van der Waals surface area contributed by atoms with Crippen LogP contribution in [0.5, 0.6) is 0 Å². The third kappa shape index (κ3) is 2.56. The zero-order valence-electron chi connectivity index (χ0n) is 8.90. The lowest BCUT2D eigenvalue weighted by atomic mass is 9.95. The molecule has 2 heteroatoms. The maximum atomic E-state index is 9.44. The molecule has 2 nitrogen and oxygen atoms in total. The van der Waals surface area contributed by atoms with E-state index in [2.05, 4.69) is 13.0 Å². The minimum Gasteiger partial charge on any atom is -0.391 e. The molecule has 0 amide bonds. The summed E-state index contributed by atoms with van der Waals surface area (Å²) in [5.74, 6) is 0. The first kappa shape index (κ1) is 11.2. The molecule has 0 aromatic heterocycles. The van der Waals surface area contributed by atoms with Gasteiger partial charge in [-0.2, -0.15) is 0 Å². The molecule has 78 valence electrons. The summed E-state index contributed by atoms with van der Waals surface area (Å²) in [5.41, 5.74) is 8.25. The number of hydrogen-bond acceptors (Lipinski definition) is 2. The van der Waals surface area contributed by atoms with Crippen LogP contribution in [-0.4, -0.2) is 11.2 Å². The molecule has 1 aromatic carbocycles. The van der Waals surface area contributed by atoms with Gasteiger partial charge in [0.2, 0.25) is 0 Å². The summed E-state index contributed by atoms with van der Waals surface area (Å²) >= 11 is 0. The van der Waals surface area contributed by atoms with E-state index >= 15 is 0 Å². The zero-order valence-corrected chi connectivity index (χ0v) is 8.90. The Morgan fingerprint density at radius 2 is 2.00 bits per heavy atom. The second kappa shape index (κ2) is 5.13. The molecular weight excluding hydrogens is 174 g/mol. The minimum absolute atomic E-state index is 0.266. The molecular formula is C12H19NO. The number of benzene rings is 1. The van der Waals surface area contributed by atoms with Crippen LogP contribution in [-0.2, 0) is 6.42 Å². The second-order valence-electron chi connectivity index (χ2n) is 3.72. The third-order valence-electron chi connectivity index (χ3n) is 2.45. The minimum atomic E-state index is -0.493. The summed E-state index contributed by atoms with van der Waals surface area (Å²) in [6, 6.07) is 7.81. The molecule has 0 aliphatic carbocycles. The van der Waals surface area contributed by atoms with E-state index in [4.69, 9.17) is 5.73 Å². The van der Waals surface area contributed by atoms with Crippen LogP contribution in [0.15, 0.2) is 24.3 Å². The molecule has 0 aliphatic rings. The highest BCUT2D eigenvalue weighted by atomic mass is 16.3. The zero-order chi connectivity index (χ0) is 10.6. The van der Waals surface area contributed by atoms with Crippen LogP contribution < -0.4 is 5.73 Å². The molecule has 0 bridgehead atoms. The summed E-state index contributed by atoms with van der Waals surface area (Å²) < 4.78 is 0. The van der Waals surface area contributed by atoms with Crippen LogP contribution in [0.3, 0.4) is 0 Å². The molecule has 14 heavy (non-hydrogen) atoms. The van der Waals surface area contributed by atoms with Gasteiger partial charge in [0.05, 0.1) is 12.1 Å². The van der Waals surface area contributed by atoms with Crippen LogP contribution in [0.4, 0.5) is 0 Å². The Kier molecular flexibility index (Phi) is 4.11. The molecule has 0 radical (unpaired) electrons. The smallest absolute Gasteiger partial charge is 0.0704 e. The van der Waals surface area contributed by atoms with Crippen LogP contribution >= 0.6 is 0 Å². The summed E-state index contributed by atoms with van der Waals surface area (Å²) in [6.07, 6.45) is 1.63. The fourth-order valence-corrected chi connectivity index (χ4v) is 1.62. The van der Waals surface area contributed by atoms with Crippen molar-refractivity contribution >= 4 is 0 Å². The first-order chi connectivity index (χ1) is 6.66. The number of nitrogens with two attached hydrogens (primary N) is 1. The van der Waals surface area contributed by atoms with Crippen molar-refractivity contribution in [2.75, 3.05) is 0 Å². The monoisotopic (exact) mass is 193 g/mol. The van der Waals surface area contributed by atoms with Gasteiger partial charge < -0.3 is 10.8 Å². The summed E-state index contributed by atoms with van der Waals surface area (Å²) in [5, 5.41) is 9.44. The summed E-state index contributed by atoms with van der Waals surface area (Å²) in [4.78, 5) is 0. The molecule has 1 rings (SSSR count). The van der Waals surface area contributed by atoms with Crippen LogP contribution in [0, 0.1) is 0 Å². The van der Waals surface area contributed by atoms with Crippen LogP contribution in [0.25, 0.3) is 0 Å². The van der Waals surface area contributed by atoms with Crippen molar-refractivity contribution in [2.45, 2.75) is 38.8 Å². The molecule has 0 saturated heterocycles. The molecule has 0 unspecified atom stereocenters. The number of rotatable bonds is 4. The molecule has 0 fully saturated rings. The van der Waals surface area contributed by atoms with Crippen molar-refractivity contribution < 1.29 is 5.11 Å². The van der Waals surface area contributed by atoms with E-state index < -0.39 is 6.10 Å². The van der Waals surface area contributed by atoms with Gasteiger partial charge in [0.1, 0.15) is 0 Å². The first-order valence-corrected chi connectivity index (χ1v) is 5.18. The Bertz CT molecular complexity index is 283. The quantitative estimate of drug-likeness (QED) is 0.768. The van der Waals surface area contributed by atoms with Gasteiger partial charge in [-0.3, -0.25) is 0 Å². The maximum absolute atomic E-state index is 9.44. The lowest BCUT2D eigenvalue weighted by Gasteiger charge is -2.18. The van der Waals surface area contributed by atoms with E-state index in [-0.39, 0.29) is 6.04 Å². The lowest BCUT2D eigenvalue weighted by Crippen LogP contribution is -2.24. The average Bonchev–Trinajstić information content (AvgIpc) is 2.18. The molecule has 0 spiro atoms. The van der Waals surface area contributed by atoms with Crippen LogP contribution in [0.1, 0.15) is 37.4 Å². The van der Waals surface area contributed by atoms with Crippen molar-refractivity contribution in [3.63, 3.8) is 0 Å². The number of aryl methyl sites for hydroxylation is 1. The molecule has 0 aliphatic heterocycles. The normalized spacial score (nSPS) is 15.1. The predicted molar refractivity (Wildman–Crippen MR) is 59.0 cm³/mol. The number of hydrogen-bond donors (Lipinski definition) is 2. The standard InChI is InChI=1S/C12H19NO/c1-3-6-10-7-4-5-8-11(10)12(13)9(2)14/h4-5,7-9,12,14H,3,6,13H2,1-2H3/t9-,12-/m1/s1. The Hall–Kier alpha value is -0.860. The second-order valence-corrected chi connectivity index (χ2v) is 3.72. The van der Waals surface area contributed by atoms with Crippen molar-refractivity contribution in [1.82, 2.24) is 0 Å². The Labute approximate surface area is 85.8 Å². The topological polar surface area (TPSA) is 46.2 Å². The van der Waals surface area contributed by atoms with E-state index in [0.29, 0.717) is 0 Å². The first-order valence-electron chi connectivity index (χ1n) is 5.18. The molecule has 1 aromatic rings. The van der Waals surface area contributed by atoms with Gasteiger partial charge in [0.15, 0.2) is 0 Å². The third-order valence-corrected chi connectivity index (χ3v) is 2.45. The van der Waals surface area contributed by atoms with E-state index in [1.165, 1.54) is 5.56 Å². The highest BCUT2D eigenvalue weighted by molar-refractivity contribution is 5.30. The lowest BCUT2D eigenvalue weighted by molar-refractivity contribution is 0.164. The fourth-order valence-electron chi connectivity index (χ4n) is 1.62. The van der Waals surface area contributed by atoms with Gasteiger partial charge in [-0.1, -0.05) is 37.6 Å². The molecule has 0 saturated carbocycles. The van der Waals surface area contributed by atoms with Gasteiger partial charge in [-0.05, 0) is 24.5 Å². The van der Waals surface area contributed by atoms with Gasteiger partial charge >= 0.3 is 0 Å². The van der Waals surface area contributed by atoms with E-state index in [1.54, 1.807) is 6.92 Å². The van der Waals surface area contributed by atoms with Crippen molar-refractivity contribution in [2.24, 2.45) is 5.73 Å². The van der Waals surface area contributed by atoms with Gasteiger partial charge in [-0.15, -0.1) is 0 Å². The van der Waals surface area contributed by atoms with Crippen molar-refractivity contribution in [3.8, 4) is 0 Å². The predicted octanol–water partition coefficient (Wildman–Crippen LogP) is 2.02. The largest absolute Gasteiger partial charge is 0.391 e. The molecule has 3 N–H and O–H groups in total. The highest BCUT2D eigenvalue weighted by Gasteiger charge is 2.14. The van der Waals surface area contributed by atoms with Crippen LogP contribution in [0.2, 0.25) is 0 Å². The van der Waals surface area contributed by atoms with Gasteiger partial charge in [-0.25, -0.2) is 0 Å². The van der Waals surface area contributed by atoms with E-state index in [0.717, 1.165) is 18.4 Å². The summed E-state index contributed by atoms with van der Waals surface area (Å²) in [7, 11) is 0. The Morgan fingerprint density at radius 1 is 1.36 bits per heavy atom. The maximum Gasteiger partial charge on any atom is 0.0704 e. The number of aliphatic hydroxyl groups excluding tert-OH is 1. The fraction of sp³-hybridized carbons (Fsp3) is 0.500. The van der Waals surface area contributed by atoms with Crippen molar-refractivity contribution in [1.29, 1.82) is 0 Å². The summed E-state index contributed by atoms with van der Waals surface area (Å²) in [6.45, 7) is 3.87. The molecule has 0 heterocycles. The van der Waals surface area contributed by atoms with Gasteiger partial charge in [0, 0.05) is 0 Å². The van der Waals surface area contributed by atoms with Gasteiger partial charge in [0.25, 0.3) is 0 Å². The average molecular weight is 193 g/mol. The SMILES string of the molecule is CCCc1ccccc1[C@H](N)[C@@H](C)O. The van der Waals surface area contributed by atoms with E-state index in [1.807, 2.05) is 18.2 Å². The molecule has 2 atom stereocenters. The Morgan fingerprint density at radius 3 is 2.57 bits per heavy atom. The number of aliphatic hydroxyl groups is 1.